The Bertz CT molecular complexity index is 1080. The monoisotopic (exact) mass is 405 g/mol. The van der Waals surface area contributed by atoms with E-state index in [1.54, 1.807) is 25.3 Å². The molecular formula is C23H23N3O4. The first-order valence-electron chi connectivity index (χ1n) is 9.86. The maximum atomic E-state index is 9.79. The maximum absolute atomic E-state index is 9.79. The molecule has 2 aromatic carbocycles. The van der Waals surface area contributed by atoms with Gasteiger partial charge in [-0.1, -0.05) is 23.4 Å². The molecule has 1 aliphatic heterocycles. The van der Waals surface area contributed by atoms with E-state index in [9.17, 15) is 5.26 Å². The highest BCUT2D eigenvalue weighted by Crippen LogP contribution is 2.30. The van der Waals surface area contributed by atoms with Crippen LogP contribution in [0.15, 0.2) is 47.0 Å². The number of morpholine rings is 1. The van der Waals surface area contributed by atoms with Crippen LogP contribution < -0.4 is 9.47 Å². The number of fused-ring (bicyclic) bond motifs is 1. The van der Waals surface area contributed by atoms with Crippen LogP contribution >= 0.6 is 0 Å². The molecule has 7 nitrogen and oxygen atoms in total. The number of hydrogen-bond donors (Lipinski definition) is 0. The van der Waals surface area contributed by atoms with Crippen LogP contribution in [0.1, 0.15) is 11.3 Å². The van der Waals surface area contributed by atoms with Gasteiger partial charge in [0.15, 0.2) is 5.58 Å². The van der Waals surface area contributed by atoms with E-state index >= 15 is 0 Å². The molecule has 0 unspecified atom stereocenters. The molecule has 4 rings (SSSR count). The number of methoxy groups -OCH3 is 1. The van der Waals surface area contributed by atoms with Crippen LogP contribution in [0, 0.1) is 11.3 Å². The molecule has 1 aliphatic rings. The number of aromatic nitrogens is 1. The normalized spacial score (nSPS) is 15.1. The van der Waals surface area contributed by atoms with Gasteiger partial charge in [0, 0.05) is 25.2 Å². The highest BCUT2D eigenvalue weighted by molar-refractivity contribution is 5.99. The van der Waals surface area contributed by atoms with E-state index in [0.717, 1.165) is 49.5 Å². The second-order valence-electron chi connectivity index (χ2n) is 6.90. The molecule has 154 valence electrons. The SMILES string of the molecule is COc1ccc2onc(/C(C#N)=C/c3ccccc3OCCN3CCOCC3)c2c1. The molecule has 0 radical (unpaired) electrons. The van der Waals surface area contributed by atoms with Gasteiger partial charge in [-0.05, 0) is 30.3 Å². The van der Waals surface area contributed by atoms with E-state index in [0.29, 0.717) is 29.2 Å². The van der Waals surface area contributed by atoms with Crippen LogP contribution in [0.5, 0.6) is 11.5 Å². The third-order valence-electron chi connectivity index (χ3n) is 5.04. The number of allylic oxidation sites excluding steroid dienone is 1. The van der Waals surface area contributed by atoms with Crippen molar-refractivity contribution in [2.75, 3.05) is 46.6 Å². The molecule has 1 saturated heterocycles. The largest absolute Gasteiger partial charge is 0.497 e. The van der Waals surface area contributed by atoms with Gasteiger partial charge in [-0.25, -0.2) is 0 Å². The Morgan fingerprint density at radius 1 is 1.23 bits per heavy atom. The van der Waals surface area contributed by atoms with E-state index in [-0.39, 0.29) is 0 Å². The lowest BCUT2D eigenvalue weighted by Crippen LogP contribution is -2.38. The third-order valence-corrected chi connectivity index (χ3v) is 5.04. The van der Waals surface area contributed by atoms with Crippen molar-refractivity contribution in [2.24, 2.45) is 0 Å². The molecule has 7 heteroatoms. The Kier molecular flexibility index (Phi) is 6.28. The average molecular weight is 405 g/mol. The molecule has 0 spiro atoms. The van der Waals surface area contributed by atoms with Crippen molar-refractivity contribution < 1.29 is 18.7 Å². The lowest BCUT2D eigenvalue weighted by Gasteiger charge is -2.26. The fraction of sp³-hybridized carbons (Fsp3) is 0.304. The van der Waals surface area contributed by atoms with Gasteiger partial charge in [-0.2, -0.15) is 5.26 Å². The Balaban J connectivity index is 1.56. The Morgan fingerprint density at radius 3 is 2.87 bits per heavy atom. The van der Waals surface area contributed by atoms with Gasteiger partial charge in [0.25, 0.3) is 0 Å². The van der Waals surface area contributed by atoms with Gasteiger partial charge in [0.1, 0.15) is 29.9 Å². The summed E-state index contributed by atoms with van der Waals surface area (Å²) in [4.78, 5) is 2.32. The van der Waals surface area contributed by atoms with Crippen LogP contribution in [0.4, 0.5) is 0 Å². The van der Waals surface area contributed by atoms with Crippen molar-refractivity contribution >= 4 is 22.6 Å². The van der Waals surface area contributed by atoms with Gasteiger partial charge < -0.3 is 18.7 Å². The summed E-state index contributed by atoms with van der Waals surface area (Å²) in [7, 11) is 1.60. The van der Waals surface area contributed by atoms with Crippen molar-refractivity contribution in [2.45, 2.75) is 0 Å². The first-order chi connectivity index (χ1) is 14.8. The summed E-state index contributed by atoms with van der Waals surface area (Å²) in [5, 5.41) is 14.6. The molecule has 3 aromatic rings. The van der Waals surface area contributed by atoms with Gasteiger partial charge >= 0.3 is 0 Å². The topological polar surface area (TPSA) is 80.8 Å². The van der Waals surface area contributed by atoms with Crippen molar-refractivity contribution in [3.8, 4) is 17.6 Å². The summed E-state index contributed by atoms with van der Waals surface area (Å²) in [6.07, 6.45) is 1.78. The number of rotatable bonds is 7. The molecule has 1 fully saturated rings. The minimum atomic E-state index is 0.395. The van der Waals surface area contributed by atoms with E-state index in [2.05, 4.69) is 16.1 Å². The van der Waals surface area contributed by atoms with E-state index < -0.39 is 0 Å². The summed E-state index contributed by atoms with van der Waals surface area (Å²) in [6.45, 7) is 4.78. The van der Waals surface area contributed by atoms with Crippen molar-refractivity contribution in [1.82, 2.24) is 10.1 Å². The van der Waals surface area contributed by atoms with Crippen LogP contribution in [-0.4, -0.2) is 56.6 Å². The summed E-state index contributed by atoms with van der Waals surface area (Å²) in [6, 6.07) is 15.3. The molecule has 0 N–H and O–H groups in total. The molecule has 0 saturated carbocycles. The Morgan fingerprint density at radius 2 is 2.07 bits per heavy atom. The molecule has 30 heavy (non-hydrogen) atoms. The van der Waals surface area contributed by atoms with Crippen LogP contribution in [0.2, 0.25) is 0 Å². The van der Waals surface area contributed by atoms with E-state index in [1.807, 2.05) is 30.3 Å². The highest BCUT2D eigenvalue weighted by atomic mass is 16.5. The predicted octanol–water partition coefficient (Wildman–Crippen LogP) is 3.61. The van der Waals surface area contributed by atoms with Crippen molar-refractivity contribution in [1.29, 1.82) is 5.26 Å². The zero-order valence-electron chi connectivity index (χ0n) is 16.8. The number of hydrogen-bond acceptors (Lipinski definition) is 7. The maximum Gasteiger partial charge on any atom is 0.167 e. The summed E-state index contributed by atoms with van der Waals surface area (Å²) >= 11 is 0. The second kappa shape index (κ2) is 9.44. The number of nitrogens with zero attached hydrogens (tertiary/aromatic N) is 3. The summed E-state index contributed by atoms with van der Waals surface area (Å²) < 4.78 is 22.1. The minimum absolute atomic E-state index is 0.395. The quantitative estimate of drug-likeness (QED) is 0.556. The van der Waals surface area contributed by atoms with Crippen LogP contribution in [0.3, 0.4) is 0 Å². The van der Waals surface area contributed by atoms with Crippen LogP contribution in [0.25, 0.3) is 22.6 Å². The lowest BCUT2D eigenvalue weighted by atomic mass is 10.1. The zero-order chi connectivity index (χ0) is 20.8. The number of para-hydroxylation sites is 1. The molecule has 0 atom stereocenters. The first-order valence-corrected chi connectivity index (χ1v) is 9.86. The average Bonchev–Trinajstić information content (AvgIpc) is 3.22. The Hall–Kier alpha value is -3.34. The lowest BCUT2D eigenvalue weighted by molar-refractivity contribution is 0.0322. The highest BCUT2D eigenvalue weighted by Gasteiger charge is 2.15. The molecule has 1 aromatic heterocycles. The molecule has 0 bridgehead atoms. The van der Waals surface area contributed by atoms with Crippen molar-refractivity contribution in [3.63, 3.8) is 0 Å². The number of benzene rings is 2. The smallest absolute Gasteiger partial charge is 0.167 e. The van der Waals surface area contributed by atoms with Gasteiger partial charge in [-0.3, -0.25) is 4.90 Å². The van der Waals surface area contributed by atoms with Crippen LogP contribution in [-0.2, 0) is 4.74 Å². The fourth-order valence-corrected chi connectivity index (χ4v) is 3.39. The fourth-order valence-electron chi connectivity index (χ4n) is 3.39. The number of nitriles is 1. The zero-order valence-corrected chi connectivity index (χ0v) is 16.8. The molecule has 0 amide bonds. The third kappa shape index (κ3) is 4.46. The Labute approximate surface area is 175 Å². The van der Waals surface area contributed by atoms with Gasteiger partial charge in [0.05, 0.1) is 31.3 Å². The van der Waals surface area contributed by atoms with Crippen molar-refractivity contribution in [3.05, 3.63) is 53.7 Å². The summed E-state index contributed by atoms with van der Waals surface area (Å²) in [5.74, 6) is 1.40. The van der Waals surface area contributed by atoms with Gasteiger partial charge in [-0.15, -0.1) is 0 Å². The van der Waals surface area contributed by atoms with E-state index in [4.69, 9.17) is 18.7 Å². The molecule has 0 aliphatic carbocycles. The number of ether oxygens (including phenoxy) is 3. The predicted molar refractivity (Wildman–Crippen MR) is 113 cm³/mol. The molecule has 2 heterocycles. The van der Waals surface area contributed by atoms with E-state index in [1.165, 1.54) is 0 Å². The standard InChI is InChI=1S/C23H23N3O4/c1-27-19-6-7-22-20(15-19)23(25-30-22)18(16-24)14-17-4-2-3-5-21(17)29-13-10-26-8-11-28-12-9-26/h2-7,14-15H,8-13H2,1H3/b18-14+. The molecular weight excluding hydrogens is 382 g/mol. The first kappa shape index (κ1) is 20.0. The second-order valence-corrected chi connectivity index (χ2v) is 6.90. The van der Waals surface area contributed by atoms with Gasteiger partial charge in [0.2, 0.25) is 0 Å². The summed E-state index contributed by atoms with van der Waals surface area (Å²) in [5.41, 5.74) is 2.29. The minimum Gasteiger partial charge on any atom is -0.497 e.